The molecule has 1 aliphatic carbocycles. The van der Waals surface area contributed by atoms with Gasteiger partial charge in [0.2, 0.25) is 5.89 Å². The van der Waals surface area contributed by atoms with Crippen molar-refractivity contribution in [3.8, 4) is 0 Å². The fourth-order valence-electron chi connectivity index (χ4n) is 2.86. The fraction of sp³-hybridized carbons (Fsp3) is 0.857. The summed E-state index contributed by atoms with van der Waals surface area (Å²) < 4.78 is 5.09. The molecule has 0 radical (unpaired) electrons. The number of aliphatic hydroxyl groups is 1. The third kappa shape index (κ3) is 3.54. The molecule has 0 aliphatic heterocycles. The second kappa shape index (κ2) is 6.48. The molecule has 19 heavy (non-hydrogen) atoms. The Balaban J connectivity index is 1.93. The van der Waals surface area contributed by atoms with Crippen LogP contribution in [0.3, 0.4) is 0 Å². The van der Waals surface area contributed by atoms with Crippen molar-refractivity contribution in [2.75, 3.05) is 6.61 Å². The van der Waals surface area contributed by atoms with E-state index in [1.54, 1.807) is 0 Å². The minimum Gasteiger partial charge on any atom is -0.394 e. The summed E-state index contributed by atoms with van der Waals surface area (Å²) in [6.45, 7) is 4.79. The van der Waals surface area contributed by atoms with Crippen molar-refractivity contribution in [2.24, 2.45) is 5.92 Å². The van der Waals surface area contributed by atoms with Crippen LogP contribution in [0.2, 0.25) is 0 Å². The van der Waals surface area contributed by atoms with Crippen molar-refractivity contribution in [3.63, 3.8) is 0 Å². The highest BCUT2D eigenvalue weighted by molar-refractivity contribution is 4.94. The molecule has 5 heteroatoms. The summed E-state index contributed by atoms with van der Waals surface area (Å²) in [6.07, 6.45) is 7.00. The van der Waals surface area contributed by atoms with Crippen LogP contribution in [0.1, 0.15) is 57.7 Å². The van der Waals surface area contributed by atoms with Gasteiger partial charge in [-0.05, 0) is 25.7 Å². The van der Waals surface area contributed by atoms with Gasteiger partial charge < -0.3 is 14.9 Å². The number of hydrogen-bond donors (Lipinski definition) is 2. The molecule has 1 fully saturated rings. The Kier molecular flexibility index (Phi) is 4.93. The van der Waals surface area contributed by atoms with Gasteiger partial charge in [-0.1, -0.05) is 31.3 Å². The first-order valence-corrected chi connectivity index (χ1v) is 7.35. The van der Waals surface area contributed by atoms with Crippen LogP contribution in [0, 0.1) is 5.92 Å². The number of rotatable bonds is 6. The lowest BCUT2D eigenvalue weighted by Gasteiger charge is -2.39. The lowest BCUT2D eigenvalue weighted by molar-refractivity contribution is 0.0928. The van der Waals surface area contributed by atoms with E-state index in [1.165, 1.54) is 32.1 Å². The second-order valence-electron chi connectivity index (χ2n) is 5.72. The lowest BCUT2D eigenvalue weighted by Crippen LogP contribution is -2.52. The Labute approximate surface area is 114 Å². The van der Waals surface area contributed by atoms with Gasteiger partial charge in [0.25, 0.3) is 0 Å². The van der Waals surface area contributed by atoms with Crippen molar-refractivity contribution in [3.05, 3.63) is 11.7 Å². The molecule has 1 aliphatic rings. The molecular formula is C14H25N3O2. The van der Waals surface area contributed by atoms with Crippen LogP contribution in [0.4, 0.5) is 0 Å². The van der Waals surface area contributed by atoms with E-state index in [0.29, 0.717) is 24.2 Å². The number of aromatic nitrogens is 2. The van der Waals surface area contributed by atoms with E-state index in [-0.39, 0.29) is 12.1 Å². The Hall–Kier alpha value is -0.940. The van der Waals surface area contributed by atoms with E-state index in [0.717, 1.165) is 6.42 Å². The summed E-state index contributed by atoms with van der Waals surface area (Å²) in [6, 6.07) is 0. The molecule has 0 bridgehead atoms. The minimum atomic E-state index is -0.243. The number of aryl methyl sites for hydroxylation is 1. The van der Waals surface area contributed by atoms with Crippen LogP contribution >= 0.6 is 0 Å². The number of aliphatic hydroxyl groups excluding tert-OH is 1. The normalized spacial score (nSPS) is 20.4. The molecular weight excluding hydrogens is 242 g/mol. The van der Waals surface area contributed by atoms with Crippen LogP contribution in [-0.4, -0.2) is 27.4 Å². The molecule has 0 spiro atoms. The summed E-state index contributed by atoms with van der Waals surface area (Å²) in [5.74, 6) is 1.87. The van der Waals surface area contributed by atoms with Gasteiger partial charge in [-0.2, -0.15) is 4.98 Å². The maximum absolute atomic E-state index is 9.74. The zero-order chi connectivity index (χ0) is 13.7. The summed E-state index contributed by atoms with van der Waals surface area (Å²) in [4.78, 5) is 4.29. The second-order valence-corrected chi connectivity index (χ2v) is 5.72. The van der Waals surface area contributed by atoms with Crippen LogP contribution < -0.4 is 5.32 Å². The van der Waals surface area contributed by atoms with Crippen molar-refractivity contribution in [1.29, 1.82) is 0 Å². The minimum absolute atomic E-state index is 0.149. The van der Waals surface area contributed by atoms with Crippen molar-refractivity contribution in [2.45, 2.75) is 64.5 Å². The van der Waals surface area contributed by atoms with Crippen LogP contribution in [0.5, 0.6) is 0 Å². The Morgan fingerprint density at radius 2 is 2.11 bits per heavy atom. The first-order chi connectivity index (χ1) is 9.18. The molecule has 108 valence electrons. The van der Waals surface area contributed by atoms with Gasteiger partial charge in [-0.3, -0.25) is 0 Å². The number of nitrogens with zero attached hydrogens (tertiary/aromatic N) is 2. The van der Waals surface area contributed by atoms with Gasteiger partial charge in [0, 0.05) is 12.0 Å². The van der Waals surface area contributed by atoms with Crippen LogP contribution in [-0.2, 0) is 13.0 Å². The Morgan fingerprint density at radius 3 is 2.68 bits per heavy atom. The average molecular weight is 267 g/mol. The van der Waals surface area contributed by atoms with Gasteiger partial charge in [0.15, 0.2) is 5.82 Å². The molecule has 0 amide bonds. The molecule has 1 saturated carbocycles. The lowest BCUT2D eigenvalue weighted by atomic mass is 9.76. The van der Waals surface area contributed by atoms with E-state index in [1.807, 2.05) is 6.92 Å². The highest BCUT2D eigenvalue weighted by Gasteiger charge is 2.34. The molecule has 2 N–H and O–H groups in total. The van der Waals surface area contributed by atoms with Crippen LogP contribution in [0.25, 0.3) is 0 Å². The maximum Gasteiger partial charge on any atom is 0.226 e. The highest BCUT2D eigenvalue weighted by atomic mass is 16.5. The van der Waals surface area contributed by atoms with Gasteiger partial charge in [0.1, 0.15) is 0 Å². The zero-order valence-electron chi connectivity index (χ0n) is 12.0. The predicted octanol–water partition coefficient (Wildman–Crippen LogP) is 2.05. The summed E-state index contributed by atoms with van der Waals surface area (Å²) in [5.41, 5.74) is -0.243. The molecule has 0 unspecified atom stereocenters. The summed E-state index contributed by atoms with van der Waals surface area (Å²) >= 11 is 0. The van der Waals surface area contributed by atoms with E-state index < -0.39 is 0 Å². The Morgan fingerprint density at radius 1 is 1.37 bits per heavy atom. The van der Waals surface area contributed by atoms with E-state index in [9.17, 15) is 5.11 Å². The monoisotopic (exact) mass is 267 g/mol. The predicted molar refractivity (Wildman–Crippen MR) is 72.6 cm³/mol. The molecule has 1 aromatic heterocycles. The van der Waals surface area contributed by atoms with Gasteiger partial charge in [-0.25, -0.2) is 0 Å². The van der Waals surface area contributed by atoms with E-state index in [4.69, 9.17) is 4.52 Å². The topological polar surface area (TPSA) is 71.2 Å². The van der Waals surface area contributed by atoms with Gasteiger partial charge in [0.05, 0.1) is 13.2 Å². The van der Waals surface area contributed by atoms with E-state index in [2.05, 4.69) is 22.4 Å². The molecule has 1 heterocycles. The first kappa shape index (κ1) is 14.5. The van der Waals surface area contributed by atoms with Crippen molar-refractivity contribution in [1.82, 2.24) is 15.5 Å². The largest absolute Gasteiger partial charge is 0.394 e. The Bertz CT molecular complexity index is 388. The third-order valence-corrected chi connectivity index (χ3v) is 4.30. The standard InChI is InChI=1S/C14H25N3O2/c1-3-13-16-12(17-19-13)9-15-14(2,10-18)11-7-5-4-6-8-11/h11,15,18H,3-10H2,1-2H3/t14-/m0/s1. The van der Waals surface area contributed by atoms with Crippen molar-refractivity contribution >= 4 is 0 Å². The quantitative estimate of drug-likeness (QED) is 0.825. The molecule has 0 saturated heterocycles. The van der Waals surface area contributed by atoms with Crippen molar-refractivity contribution < 1.29 is 9.63 Å². The highest BCUT2D eigenvalue weighted by Crippen LogP contribution is 2.32. The maximum atomic E-state index is 9.74. The third-order valence-electron chi connectivity index (χ3n) is 4.30. The molecule has 0 aromatic carbocycles. The molecule has 1 aromatic rings. The first-order valence-electron chi connectivity index (χ1n) is 7.35. The molecule has 2 rings (SSSR count). The zero-order valence-corrected chi connectivity index (χ0v) is 12.0. The molecule has 1 atom stereocenters. The fourth-order valence-corrected chi connectivity index (χ4v) is 2.86. The van der Waals surface area contributed by atoms with Crippen LogP contribution in [0.15, 0.2) is 4.52 Å². The summed E-state index contributed by atoms with van der Waals surface area (Å²) in [7, 11) is 0. The smallest absolute Gasteiger partial charge is 0.226 e. The summed E-state index contributed by atoms with van der Waals surface area (Å²) in [5, 5.41) is 17.1. The van der Waals surface area contributed by atoms with Gasteiger partial charge in [-0.15, -0.1) is 0 Å². The molecule has 5 nitrogen and oxygen atoms in total. The average Bonchev–Trinajstić information content (AvgIpc) is 2.94. The SMILES string of the molecule is CCc1nc(CN[C@@](C)(CO)C2CCCCC2)no1. The number of hydrogen-bond acceptors (Lipinski definition) is 5. The number of nitrogens with one attached hydrogen (secondary N) is 1. The van der Waals surface area contributed by atoms with Gasteiger partial charge >= 0.3 is 0 Å². The van der Waals surface area contributed by atoms with E-state index >= 15 is 0 Å².